The van der Waals surface area contributed by atoms with Crippen LogP contribution in [-0.2, 0) is 0 Å². The molecule has 0 aliphatic heterocycles. The molecule has 0 atom stereocenters. The summed E-state index contributed by atoms with van der Waals surface area (Å²) in [4.78, 5) is 28.1. The number of hydrogen-bond donors (Lipinski definition) is 3. The molecule has 9 heteroatoms. The van der Waals surface area contributed by atoms with Crippen molar-refractivity contribution >= 4 is 29.0 Å². The van der Waals surface area contributed by atoms with Gasteiger partial charge in [-0.2, -0.15) is 0 Å². The quantitative estimate of drug-likeness (QED) is 0.648. The van der Waals surface area contributed by atoms with Crippen LogP contribution in [0.15, 0.2) is 30.6 Å². The number of amides is 2. The van der Waals surface area contributed by atoms with Gasteiger partial charge in [-0.3, -0.25) is 14.0 Å². The second-order valence-electron chi connectivity index (χ2n) is 5.07. The van der Waals surface area contributed by atoms with E-state index in [9.17, 15) is 9.59 Å². The number of para-hydroxylation sites is 1. The van der Waals surface area contributed by atoms with E-state index in [0.29, 0.717) is 5.69 Å². The Labute approximate surface area is 136 Å². The lowest BCUT2D eigenvalue weighted by Gasteiger charge is -2.09. The second-order valence-corrected chi connectivity index (χ2v) is 5.07. The van der Waals surface area contributed by atoms with E-state index in [1.54, 1.807) is 6.07 Å². The number of anilines is 2. The normalized spacial score (nSPS) is 10.6. The molecule has 0 unspecified atom stereocenters. The van der Waals surface area contributed by atoms with E-state index in [4.69, 9.17) is 5.73 Å². The highest BCUT2D eigenvalue weighted by Gasteiger charge is 2.20. The molecule has 0 aliphatic rings. The van der Waals surface area contributed by atoms with Crippen LogP contribution in [0.1, 0.15) is 26.5 Å². The van der Waals surface area contributed by atoms with Gasteiger partial charge in [-0.25, -0.2) is 4.98 Å². The van der Waals surface area contributed by atoms with Crippen molar-refractivity contribution in [3.05, 3.63) is 47.5 Å². The van der Waals surface area contributed by atoms with Crippen LogP contribution in [0.25, 0.3) is 5.65 Å². The summed E-state index contributed by atoms with van der Waals surface area (Å²) < 4.78 is 1.35. The topological polar surface area (TPSA) is 127 Å². The molecule has 9 nitrogen and oxygen atoms in total. The van der Waals surface area contributed by atoms with Crippen molar-refractivity contribution in [1.82, 2.24) is 24.9 Å². The highest BCUT2D eigenvalue weighted by Crippen LogP contribution is 2.17. The van der Waals surface area contributed by atoms with Crippen molar-refractivity contribution in [2.24, 2.45) is 0 Å². The molecule has 2 aromatic heterocycles. The van der Waals surface area contributed by atoms with Crippen molar-refractivity contribution < 1.29 is 9.59 Å². The predicted octanol–water partition coefficient (Wildman–Crippen LogP) is 0.627. The van der Waals surface area contributed by atoms with Crippen molar-refractivity contribution in [3.63, 3.8) is 0 Å². The Morgan fingerprint density at radius 1 is 1.12 bits per heavy atom. The summed E-state index contributed by atoms with van der Waals surface area (Å²) in [7, 11) is 1.48. The molecule has 0 spiro atoms. The van der Waals surface area contributed by atoms with E-state index in [0.717, 1.165) is 5.56 Å². The first-order valence-corrected chi connectivity index (χ1v) is 7.11. The molecule has 0 radical (unpaired) electrons. The average molecular weight is 325 g/mol. The molecule has 4 N–H and O–H groups in total. The van der Waals surface area contributed by atoms with Gasteiger partial charge in [0.2, 0.25) is 0 Å². The van der Waals surface area contributed by atoms with Gasteiger partial charge in [-0.1, -0.05) is 18.2 Å². The lowest BCUT2D eigenvalue weighted by Crippen LogP contribution is -2.21. The average Bonchev–Trinajstić information content (AvgIpc) is 3.01. The summed E-state index contributed by atoms with van der Waals surface area (Å²) in [5.41, 5.74) is 7.77. The van der Waals surface area contributed by atoms with Crippen LogP contribution in [-0.4, -0.2) is 38.4 Å². The highest BCUT2D eigenvalue weighted by atomic mass is 16.2. The second kappa shape index (κ2) is 5.95. The van der Waals surface area contributed by atoms with Crippen LogP contribution in [0.5, 0.6) is 0 Å². The number of rotatable bonds is 3. The van der Waals surface area contributed by atoms with Crippen LogP contribution in [0, 0.1) is 6.92 Å². The standard InChI is InChI=1S/C15H15N7O2/c1-8-5-3-4-6-9(8)19-15(24)10-12(16)22-7-18-11(14(23)17-2)13(22)21-20-10/h3-7H,16H2,1-2H3,(H,17,23)(H,19,24). The van der Waals surface area contributed by atoms with Gasteiger partial charge < -0.3 is 16.4 Å². The molecule has 0 fully saturated rings. The number of hydrogen-bond acceptors (Lipinski definition) is 6. The lowest BCUT2D eigenvalue weighted by molar-refractivity contribution is 0.0959. The first kappa shape index (κ1) is 15.4. The number of nitrogens with two attached hydrogens (primary N) is 1. The third kappa shape index (κ3) is 2.51. The Hall–Kier alpha value is -3.49. The number of aromatic nitrogens is 4. The largest absolute Gasteiger partial charge is 0.383 e. The first-order valence-electron chi connectivity index (χ1n) is 7.11. The summed E-state index contributed by atoms with van der Waals surface area (Å²) in [6.07, 6.45) is 1.33. The van der Waals surface area contributed by atoms with Crippen LogP contribution < -0.4 is 16.4 Å². The summed E-state index contributed by atoms with van der Waals surface area (Å²) in [5, 5.41) is 12.9. The van der Waals surface area contributed by atoms with Crippen LogP contribution >= 0.6 is 0 Å². The number of nitrogens with one attached hydrogen (secondary N) is 2. The monoisotopic (exact) mass is 325 g/mol. The molecule has 2 heterocycles. The summed E-state index contributed by atoms with van der Waals surface area (Å²) in [6.45, 7) is 1.87. The number of imidazole rings is 1. The van der Waals surface area contributed by atoms with E-state index in [1.807, 2.05) is 25.1 Å². The fraction of sp³-hybridized carbons (Fsp3) is 0.133. The van der Waals surface area contributed by atoms with Crippen molar-refractivity contribution in [3.8, 4) is 0 Å². The molecule has 2 amide bonds. The Balaban J connectivity index is 1.99. The van der Waals surface area contributed by atoms with Crippen molar-refractivity contribution in [2.45, 2.75) is 6.92 Å². The van der Waals surface area contributed by atoms with Gasteiger partial charge in [0, 0.05) is 12.7 Å². The first-order chi connectivity index (χ1) is 11.5. The van der Waals surface area contributed by atoms with E-state index in [1.165, 1.54) is 17.8 Å². The highest BCUT2D eigenvalue weighted by molar-refractivity contribution is 6.06. The molecule has 122 valence electrons. The number of carbonyl (C=O) groups excluding carboxylic acids is 2. The summed E-state index contributed by atoms with van der Waals surface area (Å²) in [6, 6.07) is 7.33. The van der Waals surface area contributed by atoms with Crippen molar-refractivity contribution in [2.75, 3.05) is 18.1 Å². The third-order valence-corrected chi connectivity index (χ3v) is 3.54. The fourth-order valence-electron chi connectivity index (χ4n) is 2.21. The van der Waals surface area contributed by atoms with Gasteiger partial charge in [0.05, 0.1) is 0 Å². The maximum Gasteiger partial charge on any atom is 0.279 e. The van der Waals surface area contributed by atoms with Gasteiger partial charge in [0.1, 0.15) is 12.1 Å². The lowest BCUT2D eigenvalue weighted by atomic mass is 10.2. The fourth-order valence-corrected chi connectivity index (χ4v) is 2.21. The van der Waals surface area contributed by atoms with E-state index in [-0.39, 0.29) is 22.9 Å². The van der Waals surface area contributed by atoms with E-state index >= 15 is 0 Å². The van der Waals surface area contributed by atoms with Gasteiger partial charge in [-0.15, -0.1) is 10.2 Å². The maximum absolute atomic E-state index is 12.4. The molecular weight excluding hydrogens is 310 g/mol. The van der Waals surface area contributed by atoms with Gasteiger partial charge in [0.25, 0.3) is 11.8 Å². The molecule has 1 aromatic carbocycles. The third-order valence-electron chi connectivity index (χ3n) is 3.54. The molecule has 0 saturated carbocycles. The Morgan fingerprint density at radius 2 is 1.88 bits per heavy atom. The van der Waals surface area contributed by atoms with Gasteiger partial charge >= 0.3 is 0 Å². The maximum atomic E-state index is 12.4. The molecule has 0 aliphatic carbocycles. The number of carbonyl (C=O) groups is 2. The zero-order chi connectivity index (χ0) is 17.3. The Bertz CT molecular complexity index is 948. The molecule has 24 heavy (non-hydrogen) atoms. The molecule has 0 saturated heterocycles. The van der Waals surface area contributed by atoms with Crippen LogP contribution in [0.2, 0.25) is 0 Å². The zero-order valence-corrected chi connectivity index (χ0v) is 13.1. The minimum Gasteiger partial charge on any atom is -0.383 e. The SMILES string of the molecule is CNC(=O)c1ncn2c(N)c(C(=O)Nc3ccccc3C)nnc12. The smallest absolute Gasteiger partial charge is 0.279 e. The number of nitrogens with zero attached hydrogens (tertiary/aromatic N) is 4. The minimum atomic E-state index is -0.494. The number of nitrogen functional groups attached to an aromatic ring is 1. The van der Waals surface area contributed by atoms with E-state index < -0.39 is 11.8 Å². The Morgan fingerprint density at radius 3 is 2.58 bits per heavy atom. The summed E-state index contributed by atoms with van der Waals surface area (Å²) in [5.74, 6) is -0.858. The summed E-state index contributed by atoms with van der Waals surface area (Å²) >= 11 is 0. The van der Waals surface area contributed by atoms with Gasteiger partial charge in [-0.05, 0) is 18.6 Å². The van der Waals surface area contributed by atoms with Crippen molar-refractivity contribution in [1.29, 1.82) is 0 Å². The minimum absolute atomic E-state index is 0.0494. The molecule has 0 bridgehead atoms. The molecule has 3 aromatic rings. The zero-order valence-electron chi connectivity index (χ0n) is 13.1. The number of aryl methyl sites for hydroxylation is 1. The van der Waals surface area contributed by atoms with Crippen LogP contribution in [0.4, 0.5) is 11.5 Å². The number of benzene rings is 1. The van der Waals surface area contributed by atoms with E-state index in [2.05, 4.69) is 25.8 Å². The van der Waals surface area contributed by atoms with Crippen LogP contribution in [0.3, 0.4) is 0 Å². The molecule has 3 rings (SSSR count). The number of fused-ring (bicyclic) bond motifs is 1. The Kier molecular flexibility index (Phi) is 3.82. The molecular formula is C15H15N7O2. The van der Waals surface area contributed by atoms with Gasteiger partial charge in [0.15, 0.2) is 17.0 Å². The predicted molar refractivity (Wildman–Crippen MR) is 87.7 cm³/mol.